The number of aliphatic carboxylic acids is 2. The number of carbonyl (C=O) groups is 4. The number of hydrogen-bond acceptors (Lipinski definition) is 18. The number of carboxylic acid groups (broad SMARTS) is 2. The van der Waals surface area contributed by atoms with Crippen molar-refractivity contribution in [3.8, 4) is 46.0 Å². The molecular formula is C36H29CaN2O18+. The Kier molecular flexibility index (Phi) is 13.2. The maximum absolute atomic E-state index is 12.7. The summed E-state index contributed by atoms with van der Waals surface area (Å²) < 4.78 is 10.8. The molecule has 57 heavy (non-hydrogen) atoms. The van der Waals surface area contributed by atoms with Crippen LogP contribution >= 0.6 is 0 Å². The van der Waals surface area contributed by atoms with Gasteiger partial charge in [0.2, 0.25) is 5.43 Å². The van der Waals surface area contributed by atoms with Crippen molar-refractivity contribution in [1.82, 2.24) is 0 Å². The number of carbonyl (C=O) groups excluding carboxylic acids is 2. The van der Waals surface area contributed by atoms with Crippen LogP contribution in [0.4, 0.5) is 11.4 Å². The average molecular weight is 818 g/mol. The molecule has 0 spiro atoms. The van der Waals surface area contributed by atoms with Crippen LogP contribution in [0.3, 0.4) is 0 Å². The number of fused-ring (bicyclic) bond motifs is 4. The number of rotatable bonds is 12. The van der Waals surface area contributed by atoms with Crippen LogP contribution in [0.1, 0.15) is 25.7 Å². The second-order valence-corrected chi connectivity index (χ2v) is 12.1. The van der Waals surface area contributed by atoms with Gasteiger partial charge in [-0.25, -0.2) is 0 Å². The van der Waals surface area contributed by atoms with Gasteiger partial charge in [-0.15, -0.1) is 0 Å². The van der Waals surface area contributed by atoms with Gasteiger partial charge >= 0.3 is 49.7 Å². The second kappa shape index (κ2) is 17.4. The Morgan fingerprint density at radius 3 is 1.40 bits per heavy atom. The molecule has 0 aliphatic carbocycles. The average Bonchev–Trinajstić information content (AvgIpc) is 3.12. The number of phenols is 7. The Balaban J connectivity index is 0.000000248. The van der Waals surface area contributed by atoms with E-state index in [1.165, 1.54) is 0 Å². The Morgan fingerprint density at radius 2 is 0.965 bits per heavy atom. The third-order valence-corrected chi connectivity index (χ3v) is 8.33. The molecule has 21 heteroatoms. The molecule has 0 aliphatic heterocycles. The molecule has 20 nitrogen and oxygen atoms in total. The smallest absolute Gasteiger partial charge is 0.870 e. The molecule has 0 radical (unpaired) electrons. The van der Waals surface area contributed by atoms with Gasteiger partial charge in [0.15, 0.2) is 34.2 Å². The standard InChI is InChI=1S/2C18H15NO9.Ca/c2*20-6-7(1-2-14(24)25)19-16-11(23)5-13-15(18(16)27)17(26)8-3-9(21)10(22)4-12(8)28-13;/h2*3-7,19,21-23,27H,1-2H2,(H,24,25);/q;;+2/p-1/t2*7-;/m11./s1. The van der Waals surface area contributed by atoms with E-state index in [2.05, 4.69) is 10.6 Å². The van der Waals surface area contributed by atoms with Gasteiger partial charge in [-0.2, -0.15) is 0 Å². The van der Waals surface area contributed by atoms with E-state index in [1.807, 2.05) is 0 Å². The molecule has 0 fully saturated rings. The summed E-state index contributed by atoms with van der Waals surface area (Å²) in [4.78, 5) is 69.1. The maximum Gasteiger partial charge on any atom is 2.00 e. The largest absolute Gasteiger partial charge is 2.00 e. The van der Waals surface area contributed by atoms with Crippen molar-refractivity contribution in [1.29, 1.82) is 0 Å². The summed E-state index contributed by atoms with van der Waals surface area (Å²) in [7, 11) is 0. The van der Waals surface area contributed by atoms with Crippen molar-refractivity contribution in [2.75, 3.05) is 10.6 Å². The van der Waals surface area contributed by atoms with Gasteiger partial charge in [-0.1, -0.05) is 5.75 Å². The van der Waals surface area contributed by atoms with E-state index in [-0.39, 0.29) is 108 Å². The summed E-state index contributed by atoms with van der Waals surface area (Å²) in [6.07, 6.45) is -0.147. The molecule has 0 saturated heterocycles. The number of benzene rings is 4. The summed E-state index contributed by atoms with van der Waals surface area (Å²) in [6, 6.07) is 3.81. The monoisotopic (exact) mass is 817 g/mol. The molecular weight excluding hydrogens is 788 g/mol. The number of phenolic OH excluding ortho intramolecular Hbond substituents is 7. The molecule has 0 aliphatic rings. The predicted octanol–water partition coefficient (Wildman–Crippen LogP) is 2.21. The SMILES string of the molecule is O=C[C@@H](CCC(=O)O)Nc1c(O)cc2oc3cc(O)c(O)cc3c(=O)c2c1O.O=C[C@@H](CCC(=O)O)Nc1c(O)cc2oc3cc(O)c(O)cc3c(=O)c2c1[O-].[Ca+2]. The van der Waals surface area contributed by atoms with E-state index < -0.39 is 91.9 Å². The normalized spacial score (nSPS) is 11.9. The Labute approximate surface area is 346 Å². The Hall–Kier alpha value is -6.64. The van der Waals surface area contributed by atoms with Crippen molar-refractivity contribution < 1.29 is 79.1 Å². The first-order chi connectivity index (χ1) is 26.4. The van der Waals surface area contributed by atoms with Gasteiger partial charge in [0, 0.05) is 37.1 Å². The molecule has 292 valence electrons. The number of hydrogen-bond donors (Lipinski definition) is 11. The van der Waals surface area contributed by atoms with E-state index >= 15 is 0 Å². The van der Waals surface area contributed by atoms with Gasteiger partial charge in [-0.3, -0.25) is 19.2 Å². The van der Waals surface area contributed by atoms with Crippen molar-refractivity contribution in [3.05, 3.63) is 56.8 Å². The second-order valence-electron chi connectivity index (χ2n) is 12.1. The molecule has 0 unspecified atom stereocenters. The fraction of sp³-hybridized carbons (Fsp3) is 0.167. The van der Waals surface area contributed by atoms with Gasteiger partial charge in [0.25, 0.3) is 0 Å². The maximum atomic E-state index is 12.7. The third-order valence-electron chi connectivity index (χ3n) is 8.33. The molecule has 11 N–H and O–H groups in total. The van der Waals surface area contributed by atoms with Gasteiger partial charge < -0.3 is 80.1 Å². The van der Waals surface area contributed by atoms with Crippen molar-refractivity contribution in [2.24, 2.45) is 0 Å². The quantitative estimate of drug-likeness (QED) is 0.0365. The topological polar surface area (TPSA) is 358 Å². The van der Waals surface area contributed by atoms with Crippen LogP contribution < -0.4 is 26.6 Å². The fourth-order valence-corrected chi connectivity index (χ4v) is 5.55. The molecule has 6 rings (SSSR count). The zero-order valence-corrected chi connectivity index (χ0v) is 31.2. The number of nitrogens with one attached hydrogen (secondary N) is 2. The summed E-state index contributed by atoms with van der Waals surface area (Å²) in [5.74, 6) is -7.29. The van der Waals surface area contributed by atoms with Crippen LogP contribution in [0, 0.1) is 0 Å². The fourth-order valence-electron chi connectivity index (χ4n) is 5.55. The van der Waals surface area contributed by atoms with E-state index in [0.29, 0.717) is 12.6 Å². The summed E-state index contributed by atoms with van der Waals surface area (Å²) >= 11 is 0. The van der Waals surface area contributed by atoms with Crippen LogP contribution in [-0.2, 0) is 19.2 Å². The van der Waals surface area contributed by atoms with Gasteiger partial charge in [0.05, 0.1) is 33.9 Å². The number of aldehydes is 2. The van der Waals surface area contributed by atoms with Gasteiger partial charge in [0.1, 0.15) is 57.5 Å². The van der Waals surface area contributed by atoms with E-state index in [1.54, 1.807) is 0 Å². The third kappa shape index (κ3) is 8.93. The first-order valence-electron chi connectivity index (χ1n) is 16.1. The molecule has 6 aromatic rings. The first-order valence-corrected chi connectivity index (χ1v) is 16.1. The first kappa shape index (κ1) is 43.1. The van der Waals surface area contributed by atoms with Crippen LogP contribution in [0.5, 0.6) is 46.0 Å². The zero-order chi connectivity index (χ0) is 41.2. The van der Waals surface area contributed by atoms with Crippen LogP contribution in [0.25, 0.3) is 43.9 Å². The van der Waals surface area contributed by atoms with E-state index in [9.17, 15) is 69.6 Å². The minimum absolute atomic E-state index is 0. The number of carboxylic acids is 2. The van der Waals surface area contributed by atoms with Crippen molar-refractivity contribution in [3.63, 3.8) is 0 Å². The van der Waals surface area contributed by atoms with Gasteiger partial charge in [-0.05, 0) is 25.0 Å². The van der Waals surface area contributed by atoms with Crippen LogP contribution in [-0.4, -0.2) is 120 Å². The summed E-state index contributed by atoms with van der Waals surface area (Å²) in [5, 5.41) is 103. The Bertz CT molecular complexity index is 2520. The molecule has 0 bridgehead atoms. The minimum Gasteiger partial charge on any atom is -0.870 e. The molecule has 2 heterocycles. The Morgan fingerprint density at radius 1 is 0.596 bits per heavy atom. The molecule has 2 atom stereocenters. The van der Waals surface area contributed by atoms with E-state index in [4.69, 9.17) is 19.0 Å². The van der Waals surface area contributed by atoms with Crippen LogP contribution in [0.2, 0.25) is 0 Å². The van der Waals surface area contributed by atoms with Crippen molar-refractivity contribution >= 4 is 118 Å². The van der Waals surface area contributed by atoms with Crippen molar-refractivity contribution in [2.45, 2.75) is 37.8 Å². The summed E-state index contributed by atoms with van der Waals surface area (Å²) in [5.41, 5.74) is -3.01. The molecule has 2 aromatic heterocycles. The van der Waals surface area contributed by atoms with E-state index in [0.717, 1.165) is 36.4 Å². The molecule has 0 saturated carbocycles. The molecule has 4 aromatic carbocycles. The number of anilines is 2. The predicted molar refractivity (Wildman–Crippen MR) is 198 cm³/mol. The zero-order valence-electron chi connectivity index (χ0n) is 29.0. The summed E-state index contributed by atoms with van der Waals surface area (Å²) in [6.45, 7) is 0. The number of aromatic hydroxyl groups is 7. The molecule has 0 amide bonds. The minimum atomic E-state index is -1.14. The van der Waals surface area contributed by atoms with Crippen LogP contribution in [0.15, 0.2) is 54.8 Å².